The van der Waals surface area contributed by atoms with Crippen LogP contribution in [0.15, 0.2) is 11.1 Å². The van der Waals surface area contributed by atoms with Crippen molar-refractivity contribution in [2.45, 2.75) is 25.7 Å². The standard InChI is InChI=1S/C8H10O4.2ClH/c9-7(10)5-3-1-2-4-6(5)8(11)12;;/h1-4H2,(H,9,10)(H,11,12);2*1H. The Kier molecular flexibility index (Phi) is 7.50. The minimum absolute atomic E-state index is 0. The number of rotatable bonds is 2. The third kappa shape index (κ3) is 3.55. The Balaban J connectivity index is 0. The quantitative estimate of drug-likeness (QED) is 0.776. The molecule has 0 aromatic heterocycles. The van der Waals surface area contributed by atoms with Crippen LogP contribution in [0.25, 0.3) is 0 Å². The van der Waals surface area contributed by atoms with E-state index in [0.29, 0.717) is 12.8 Å². The second-order valence-electron chi connectivity index (χ2n) is 2.77. The van der Waals surface area contributed by atoms with Crippen LogP contribution < -0.4 is 0 Å². The summed E-state index contributed by atoms with van der Waals surface area (Å²) in [6.45, 7) is 0. The van der Waals surface area contributed by atoms with Gasteiger partial charge in [0.25, 0.3) is 0 Å². The highest BCUT2D eigenvalue weighted by molar-refractivity contribution is 5.99. The fourth-order valence-corrected chi connectivity index (χ4v) is 1.38. The summed E-state index contributed by atoms with van der Waals surface area (Å²) in [5.41, 5.74) is 0.155. The summed E-state index contributed by atoms with van der Waals surface area (Å²) in [6, 6.07) is 0. The zero-order chi connectivity index (χ0) is 9.14. The number of carboxylic acid groups (broad SMARTS) is 2. The molecule has 0 fully saturated rings. The number of aliphatic carboxylic acids is 2. The Morgan fingerprint density at radius 2 is 1.14 bits per heavy atom. The van der Waals surface area contributed by atoms with Crippen molar-refractivity contribution in [3.8, 4) is 0 Å². The number of carboxylic acids is 2. The first-order valence-electron chi connectivity index (χ1n) is 3.81. The maximum absolute atomic E-state index is 10.5. The highest BCUT2D eigenvalue weighted by atomic mass is 35.5. The van der Waals surface area contributed by atoms with Crippen LogP contribution in [-0.4, -0.2) is 22.2 Å². The molecule has 0 atom stereocenters. The molecular formula is C8H12Cl2O4. The molecule has 4 nitrogen and oxygen atoms in total. The molecule has 0 saturated carbocycles. The molecule has 0 aromatic rings. The first-order chi connectivity index (χ1) is 5.63. The maximum atomic E-state index is 10.5. The summed E-state index contributed by atoms with van der Waals surface area (Å²) < 4.78 is 0. The SMILES string of the molecule is Cl.Cl.O=C(O)C1=C(C(=O)O)CCCC1. The first-order valence-corrected chi connectivity index (χ1v) is 3.81. The lowest BCUT2D eigenvalue weighted by molar-refractivity contribution is -0.136. The van der Waals surface area contributed by atoms with E-state index in [9.17, 15) is 9.59 Å². The first kappa shape index (κ1) is 15.7. The van der Waals surface area contributed by atoms with Gasteiger partial charge >= 0.3 is 11.9 Å². The predicted octanol–water partition coefficient (Wildman–Crippen LogP) is 1.87. The fourth-order valence-electron chi connectivity index (χ4n) is 1.38. The Hall–Kier alpha value is -0.740. The molecule has 0 amide bonds. The summed E-state index contributed by atoms with van der Waals surface area (Å²) in [4.78, 5) is 21.1. The smallest absolute Gasteiger partial charge is 0.332 e. The average molecular weight is 243 g/mol. The van der Waals surface area contributed by atoms with Gasteiger partial charge in [0, 0.05) is 11.1 Å². The molecule has 0 spiro atoms. The maximum Gasteiger partial charge on any atom is 0.332 e. The van der Waals surface area contributed by atoms with Crippen LogP contribution in [0.4, 0.5) is 0 Å². The Labute approximate surface area is 93.8 Å². The van der Waals surface area contributed by atoms with Crippen molar-refractivity contribution < 1.29 is 19.8 Å². The minimum atomic E-state index is -1.09. The molecule has 2 N–H and O–H groups in total. The van der Waals surface area contributed by atoms with Gasteiger partial charge in [0.15, 0.2) is 0 Å². The van der Waals surface area contributed by atoms with E-state index in [1.54, 1.807) is 0 Å². The zero-order valence-corrected chi connectivity index (χ0v) is 8.99. The van der Waals surface area contributed by atoms with Crippen LogP contribution in [0.2, 0.25) is 0 Å². The van der Waals surface area contributed by atoms with Crippen molar-refractivity contribution in [1.82, 2.24) is 0 Å². The highest BCUT2D eigenvalue weighted by Gasteiger charge is 2.22. The summed E-state index contributed by atoms with van der Waals surface area (Å²) >= 11 is 0. The van der Waals surface area contributed by atoms with Crippen molar-refractivity contribution in [2.24, 2.45) is 0 Å². The largest absolute Gasteiger partial charge is 0.478 e. The monoisotopic (exact) mass is 242 g/mol. The third-order valence-electron chi connectivity index (χ3n) is 1.98. The lowest BCUT2D eigenvalue weighted by Gasteiger charge is -2.13. The van der Waals surface area contributed by atoms with Gasteiger partial charge in [-0.05, 0) is 25.7 Å². The van der Waals surface area contributed by atoms with Gasteiger partial charge in [0.2, 0.25) is 0 Å². The molecular weight excluding hydrogens is 231 g/mol. The van der Waals surface area contributed by atoms with E-state index >= 15 is 0 Å². The van der Waals surface area contributed by atoms with Gasteiger partial charge in [-0.25, -0.2) is 9.59 Å². The molecule has 0 aromatic carbocycles. The minimum Gasteiger partial charge on any atom is -0.478 e. The Morgan fingerprint density at radius 1 is 0.857 bits per heavy atom. The Morgan fingerprint density at radius 3 is 1.36 bits per heavy atom. The van der Waals surface area contributed by atoms with Crippen LogP contribution >= 0.6 is 24.8 Å². The number of hydrogen-bond donors (Lipinski definition) is 2. The Bertz CT molecular complexity index is 234. The van der Waals surface area contributed by atoms with E-state index in [2.05, 4.69) is 0 Å². The van der Waals surface area contributed by atoms with Gasteiger partial charge in [-0.3, -0.25) is 0 Å². The van der Waals surface area contributed by atoms with Gasteiger partial charge in [0.1, 0.15) is 0 Å². The highest BCUT2D eigenvalue weighted by Crippen LogP contribution is 2.24. The van der Waals surface area contributed by atoms with Crippen molar-refractivity contribution in [3.05, 3.63) is 11.1 Å². The zero-order valence-electron chi connectivity index (χ0n) is 7.36. The molecule has 0 unspecified atom stereocenters. The molecule has 1 aliphatic carbocycles. The molecule has 1 rings (SSSR count). The molecule has 1 aliphatic rings. The molecule has 0 bridgehead atoms. The van der Waals surface area contributed by atoms with Crippen LogP contribution in [0, 0.1) is 0 Å². The lowest BCUT2D eigenvalue weighted by atomic mass is 9.92. The third-order valence-corrected chi connectivity index (χ3v) is 1.98. The van der Waals surface area contributed by atoms with Crippen molar-refractivity contribution in [3.63, 3.8) is 0 Å². The molecule has 0 aliphatic heterocycles. The van der Waals surface area contributed by atoms with Gasteiger partial charge in [-0.2, -0.15) is 0 Å². The molecule has 0 heterocycles. The van der Waals surface area contributed by atoms with Crippen molar-refractivity contribution in [1.29, 1.82) is 0 Å². The van der Waals surface area contributed by atoms with E-state index in [1.165, 1.54) is 0 Å². The van der Waals surface area contributed by atoms with Crippen LogP contribution in [0.5, 0.6) is 0 Å². The van der Waals surface area contributed by atoms with Gasteiger partial charge in [-0.1, -0.05) is 0 Å². The van der Waals surface area contributed by atoms with Crippen LogP contribution in [0.1, 0.15) is 25.7 Å². The summed E-state index contributed by atoms with van der Waals surface area (Å²) in [5, 5.41) is 17.3. The summed E-state index contributed by atoms with van der Waals surface area (Å²) in [7, 11) is 0. The summed E-state index contributed by atoms with van der Waals surface area (Å²) in [5.74, 6) is -2.18. The normalized spacial score (nSPS) is 15.1. The number of halogens is 2. The molecule has 0 radical (unpaired) electrons. The average Bonchev–Trinajstić information content (AvgIpc) is 2.04. The topological polar surface area (TPSA) is 74.6 Å². The van der Waals surface area contributed by atoms with Crippen molar-refractivity contribution >= 4 is 36.8 Å². The molecule has 82 valence electrons. The van der Waals surface area contributed by atoms with Crippen LogP contribution in [-0.2, 0) is 9.59 Å². The summed E-state index contributed by atoms with van der Waals surface area (Å²) in [6.07, 6.45) is 2.32. The van der Waals surface area contributed by atoms with Gasteiger partial charge in [-0.15, -0.1) is 24.8 Å². The van der Waals surface area contributed by atoms with E-state index in [1.807, 2.05) is 0 Å². The van der Waals surface area contributed by atoms with E-state index in [-0.39, 0.29) is 36.0 Å². The van der Waals surface area contributed by atoms with Crippen molar-refractivity contribution in [2.75, 3.05) is 0 Å². The van der Waals surface area contributed by atoms with E-state index in [4.69, 9.17) is 10.2 Å². The van der Waals surface area contributed by atoms with E-state index in [0.717, 1.165) is 12.8 Å². The lowest BCUT2D eigenvalue weighted by Crippen LogP contribution is -2.14. The predicted molar refractivity (Wildman–Crippen MR) is 55.3 cm³/mol. The van der Waals surface area contributed by atoms with Gasteiger partial charge in [0.05, 0.1) is 0 Å². The number of carbonyl (C=O) groups is 2. The molecule has 14 heavy (non-hydrogen) atoms. The molecule has 0 saturated heterocycles. The fraction of sp³-hybridized carbons (Fsp3) is 0.500. The second kappa shape index (κ2) is 6.68. The number of hydrogen-bond acceptors (Lipinski definition) is 2. The molecule has 6 heteroatoms. The second-order valence-corrected chi connectivity index (χ2v) is 2.77. The van der Waals surface area contributed by atoms with Crippen LogP contribution in [0.3, 0.4) is 0 Å². The van der Waals surface area contributed by atoms with Gasteiger partial charge < -0.3 is 10.2 Å². The van der Waals surface area contributed by atoms with E-state index < -0.39 is 11.9 Å².